The molecule has 23 nitrogen and oxygen atoms in total. The van der Waals surface area contributed by atoms with Crippen LogP contribution in [0.2, 0.25) is 0 Å². The van der Waals surface area contributed by atoms with Crippen LogP contribution < -0.4 is 52.9 Å². The van der Waals surface area contributed by atoms with E-state index in [1.165, 1.54) is 70.6 Å². The van der Waals surface area contributed by atoms with Gasteiger partial charge in [-0.2, -0.15) is 0 Å². The minimum atomic E-state index is -1.22. The van der Waals surface area contributed by atoms with E-state index < -0.39 is 64.1 Å². The van der Waals surface area contributed by atoms with Crippen molar-refractivity contribution < 1.29 is 48.0 Å². The Bertz CT molecular complexity index is 2680. The molecule has 0 fully saturated rings. The van der Waals surface area contributed by atoms with Crippen LogP contribution in [0.25, 0.3) is 0 Å². The maximum absolute atomic E-state index is 15.1. The van der Waals surface area contributed by atoms with Gasteiger partial charge in [-0.15, -0.1) is 14.2 Å². The molecule has 1 aliphatic rings. The second-order valence-corrected chi connectivity index (χ2v) is 18.9. The number of ether oxygens (including phenoxy) is 1. The van der Waals surface area contributed by atoms with Crippen molar-refractivity contribution in [3.8, 4) is 0 Å². The number of nitrogens with one attached hydrogen (secondary N) is 3. The molecule has 4 rings (SSSR count). The zero-order valence-corrected chi connectivity index (χ0v) is 46.5. The molecule has 0 aromatic carbocycles. The molecule has 5 N–H and O–H groups in total. The van der Waals surface area contributed by atoms with E-state index >= 15 is 4.79 Å². The van der Waals surface area contributed by atoms with Crippen molar-refractivity contribution in [3.05, 3.63) is 115 Å². The number of Topliss-reactive ketones (excluding diaryl/α,β-unsaturated/α-hetero) is 1. The number of carbonyl (C=O) groups is 6. The maximum Gasteiger partial charge on any atom is 0.283 e. The van der Waals surface area contributed by atoms with Crippen LogP contribution in [0.1, 0.15) is 155 Å². The molecule has 2 unspecified atom stereocenters. The number of hydrogen-bond acceptors (Lipinski definition) is 15. The van der Waals surface area contributed by atoms with Gasteiger partial charge in [0.1, 0.15) is 42.9 Å². The van der Waals surface area contributed by atoms with Crippen LogP contribution in [-0.4, -0.2) is 150 Å². The SMILES string of the molecule is CCCCOC1C(=O)C=NC=C1C(=O)N(CCCNC(=O)c1cccc(=O)n1OCCCC)CCCC(C(=O)NCCCCCN)N(CCCNC(=O)c1cccc(=O)n1OCCCC)C(=O)c1cccc(=O)n1OCCCC. The summed E-state index contributed by atoms with van der Waals surface area (Å²) in [6.45, 7) is 9.26. The van der Waals surface area contributed by atoms with Gasteiger partial charge >= 0.3 is 0 Å². The molecule has 79 heavy (non-hydrogen) atoms. The molecule has 434 valence electrons. The zero-order valence-electron chi connectivity index (χ0n) is 46.5. The van der Waals surface area contributed by atoms with Gasteiger partial charge in [0.25, 0.3) is 40.3 Å². The van der Waals surface area contributed by atoms with Gasteiger partial charge in [-0.3, -0.25) is 48.1 Å². The lowest BCUT2D eigenvalue weighted by molar-refractivity contribution is -0.132. The van der Waals surface area contributed by atoms with Crippen LogP contribution in [0.5, 0.6) is 0 Å². The number of aliphatic imine (C=N–C) groups is 1. The lowest BCUT2D eigenvalue weighted by Crippen LogP contribution is -2.52. The molecule has 0 aliphatic carbocycles. The molecule has 2 atom stereocenters. The summed E-state index contributed by atoms with van der Waals surface area (Å²) in [4.78, 5) is 147. The molecule has 0 spiro atoms. The van der Waals surface area contributed by atoms with E-state index in [1.54, 1.807) is 0 Å². The molecular weight excluding hydrogens is 1020 g/mol. The highest BCUT2D eigenvalue weighted by atomic mass is 16.7. The number of carbonyl (C=O) groups excluding carboxylic acids is 6. The van der Waals surface area contributed by atoms with Gasteiger partial charge in [0.2, 0.25) is 11.7 Å². The first-order valence-electron chi connectivity index (χ1n) is 27.9. The number of amides is 5. The molecule has 0 saturated carbocycles. The third kappa shape index (κ3) is 20.4. The average molecular weight is 1100 g/mol. The molecule has 4 heterocycles. The van der Waals surface area contributed by atoms with Crippen molar-refractivity contribution >= 4 is 41.5 Å². The Labute approximate surface area is 461 Å². The number of pyridine rings is 3. The molecular formula is C56H82N10O13. The Kier molecular flexibility index (Phi) is 29.1. The maximum atomic E-state index is 15.1. The number of rotatable bonds is 39. The van der Waals surface area contributed by atoms with Gasteiger partial charge in [0.05, 0.1) is 11.8 Å². The molecule has 23 heteroatoms. The van der Waals surface area contributed by atoms with Crippen molar-refractivity contribution in [1.29, 1.82) is 0 Å². The number of nitrogens with two attached hydrogens (primary N) is 1. The van der Waals surface area contributed by atoms with E-state index in [0.29, 0.717) is 38.6 Å². The first kappa shape index (κ1) is 64.1. The molecule has 0 saturated heterocycles. The van der Waals surface area contributed by atoms with E-state index in [2.05, 4.69) is 20.9 Å². The number of hydrogen-bond donors (Lipinski definition) is 4. The summed E-state index contributed by atoms with van der Waals surface area (Å²) < 4.78 is 8.75. The minimum Gasteiger partial charge on any atom is -0.410 e. The highest BCUT2D eigenvalue weighted by molar-refractivity contribution is 6.33. The molecule has 0 bridgehead atoms. The Balaban J connectivity index is 1.68. The fraction of sp³-hybridized carbons (Fsp3) is 0.571. The number of unbranched alkanes of at least 4 members (excludes halogenated alkanes) is 6. The van der Waals surface area contributed by atoms with Crippen LogP contribution in [0.3, 0.4) is 0 Å². The number of ketones is 1. The lowest BCUT2D eigenvalue weighted by atomic mass is 10.0. The van der Waals surface area contributed by atoms with Gasteiger partial charge in [0, 0.05) is 70.3 Å². The predicted molar refractivity (Wildman–Crippen MR) is 298 cm³/mol. The Morgan fingerprint density at radius 2 is 1.05 bits per heavy atom. The van der Waals surface area contributed by atoms with Gasteiger partial charge < -0.3 is 50.7 Å². The standard InChI is InChI=1S/C56H82N10O13/c1-5-9-36-76-51-42(40-58-41-47(51)67)55(74)62(34-20-31-60-53(72)44-22-16-26-48(68)64(44)77-37-10-6-2)33-19-25-43(52(71)59-30-15-13-14-29-57)63(56(75)46-24-18-28-50(70)66(46)79-39-12-8-4)35-21-32-61-54(73)45-23-17-27-49(69)65(45)78-38-11-7-3/h16-18,22-24,26-28,40-41,43,51H,5-15,19-21,25,29-39,57H2,1-4H3,(H,59,71)(H,60,72)(H,61,73). The highest BCUT2D eigenvalue weighted by Crippen LogP contribution is 2.20. The van der Waals surface area contributed by atoms with E-state index in [4.69, 9.17) is 25.0 Å². The Hall–Kier alpha value is -7.40. The highest BCUT2D eigenvalue weighted by Gasteiger charge is 2.35. The van der Waals surface area contributed by atoms with Crippen LogP contribution in [0.4, 0.5) is 0 Å². The van der Waals surface area contributed by atoms with E-state index in [9.17, 15) is 38.4 Å². The topological polar surface area (TPSA) is 286 Å². The van der Waals surface area contributed by atoms with E-state index in [0.717, 1.165) is 58.9 Å². The molecule has 3 aromatic rings. The van der Waals surface area contributed by atoms with E-state index in [1.807, 2.05) is 27.7 Å². The summed E-state index contributed by atoms with van der Waals surface area (Å²) in [7, 11) is 0. The zero-order chi connectivity index (χ0) is 57.4. The number of nitrogens with zero attached hydrogens (tertiary/aromatic N) is 6. The first-order chi connectivity index (χ1) is 38.3. The van der Waals surface area contributed by atoms with Crippen molar-refractivity contribution in [2.24, 2.45) is 10.7 Å². The fourth-order valence-electron chi connectivity index (χ4n) is 8.21. The van der Waals surface area contributed by atoms with Gasteiger partial charge in [0.15, 0.2) is 6.10 Å². The summed E-state index contributed by atoms with van der Waals surface area (Å²) in [5.41, 5.74) is 3.91. The smallest absolute Gasteiger partial charge is 0.283 e. The summed E-state index contributed by atoms with van der Waals surface area (Å²) in [5, 5.41) is 8.58. The summed E-state index contributed by atoms with van der Waals surface area (Å²) in [5.74, 6) is -3.50. The molecule has 1 aliphatic heterocycles. The molecule has 5 amide bonds. The second kappa shape index (κ2) is 35.9. The minimum absolute atomic E-state index is 0.000866. The van der Waals surface area contributed by atoms with E-state index in [-0.39, 0.29) is 114 Å². The Morgan fingerprint density at radius 1 is 0.570 bits per heavy atom. The third-order valence-corrected chi connectivity index (χ3v) is 12.6. The van der Waals surface area contributed by atoms with Crippen LogP contribution in [0.15, 0.2) is 85.7 Å². The normalized spacial score (nSPS) is 13.3. The van der Waals surface area contributed by atoms with Crippen LogP contribution >= 0.6 is 0 Å². The third-order valence-electron chi connectivity index (χ3n) is 12.6. The van der Waals surface area contributed by atoms with Gasteiger partial charge in [-0.1, -0.05) is 78.0 Å². The summed E-state index contributed by atoms with van der Waals surface area (Å²) in [6, 6.07) is 11.3. The van der Waals surface area contributed by atoms with Crippen molar-refractivity contribution in [2.75, 3.05) is 72.2 Å². The second-order valence-electron chi connectivity index (χ2n) is 18.9. The fourth-order valence-corrected chi connectivity index (χ4v) is 8.21. The largest absolute Gasteiger partial charge is 0.410 e. The predicted octanol–water partition coefficient (Wildman–Crippen LogP) is 2.89. The monoisotopic (exact) mass is 1100 g/mol. The quantitative estimate of drug-likeness (QED) is 0.0598. The van der Waals surface area contributed by atoms with Crippen molar-refractivity contribution in [3.63, 3.8) is 0 Å². The van der Waals surface area contributed by atoms with Crippen molar-refractivity contribution in [1.82, 2.24) is 39.9 Å². The van der Waals surface area contributed by atoms with Crippen molar-refractivity contribution in [2.45, 2.75) is 136 Å². The van der Waals surface area contributed by atoms with Gasteiger partial charge in [-0.05, 0) is 89.0 Å². The summed E-state index contributed by atoms with van der Waals surface area (Å²) >= 11 is 0. The number of aromatic nitrogens is 3. The van der Waals surface area contributed by atoms with Gasteiger partial charge in [-0.25, -0.2) is 0 Å². The Morgan fingerprint density at radius 3 is 1.58 bits per heavy atom. The van der Waals surface area contributed by atoms with Crippen LogP contribution in [-0.2, 0) is 19.1 Å². The van der Waals surface area contributed by atoms with Crippen LogP contribution in [0, 0.1) is 0 Å². The average Bonchev–Trinajstić information content (AvgIpc) is 3.44. The summed E-state index contributed by atoms with van der Waals surface area (Å²) in [6.07, 6.45) is 9.28. The molecule has 3 aromatic heterocycles. The lowest BCUT2D eigenvalue weighted by Gasteiger charge is -2.33. The molecule has 0 radical (unpaired) electrons. The first-order valence-corrected chi connectivity index (χ1v) is 27.9.